The number of hydrogen-bond donors (Lipinski definition) is 0. The number of aryl methyl sites for hydroxylation is 1. The summed E-state index contributed by atoms with van der Waals surface area (Å²) in [7, 11) is 1.72. The van der Waals surface area contributed by atoms with Gasteiger partial charge in [-0.2, -0.15) is 5.10 Å². The standard InChI is InChI=1S/C16H17N5O2S/c1-3-6-20(9-12-5-4-7-24-12)14(22)10-21-11-17-15-13(16(21)23)8-18-19(15)2/h3-5,7-8,11H,1,6,9-10H2,2H3. The molecule has 0 bridgehead atoms. The van der Waals surface area contributed by atoms with Crippen LogP contribution in [0, 0.1) is 0 Å². The van der Waals surface area contributed by atoms with Gasteiger partial charge in [-0.15, -0.1) is 17.9 Å². The molecule has 0 aliphatic heterocycles. The molecule has 0 radical (unpaired) electrons. The van der Waals surface area contributed by atoms with Crippen molar-refractivity contribution in [1.29, 1.82) is 0 Å². The maximum absolute atomic E-state index is 12.6. The first-order chi connectivity index (χ1) is 11.6. The highest BCUT2D eigenvalue weighted by Gasteiger charge is 2.16. The summed E-state index contributed by atoms with van der Waals surface area (Å²) in [6, 6.07) is 3.92. The minimum absolute atomic E-state index is 0.0596. The van der Waals surface area contributed by atoms with Crippen molar-refractivity contribution in [1.82, 2.24) is 24.2 Å². The average molecular weight is 343 g/mol. The van der Waals surface area contributed by atoms with E-state index in [9.17, 15) is 9.59 Å². The van der Waals surface area contributed by atoms with Crippen molar-refractivity contribution < 1.29 is 4.79 Å². The molecule has 8 heteroatoms. The zero-order valence-corrected chi connectivity index (χ0v) is 14.1. The molecular formula is C16H17N5O2S. The molecule has 24 heavy (non-hydrogen) atoms. The molecule has 0 aromatic carbocycles. The molecule has 0 fully saturated rings. The van der Waals surface area contributed by atoms with Crippen LogP contribution in [0.15, 0.2) is 47.5 Å². The Morgan fingerprint density at radius 1 is 1.50 bits per heavy atom. The lowest BCUT2D eigenvalue weighted by molar-refractivity contribution is -0.131. The van der Waals surface area contributed by atoms with E-state index in [-0.39, 0.29) is 18.0 Å². The van der Waals surface area contributed by atoms with Gasteiger partial charge in [-0.05, 0) is 11.4 Å². The van der Waals surface area contributed by atoms with Crippen LogP contribution in [0.3, 0.4) is 0 Å². The topological polar surface area (TPSA) is 73.0 Å². The molecule has 0 aliphatic carbocycles. The fourth-order valence-corrected chi connectivity index (χ4v) is 3.15. The summed E-state index contributed by atoms with van der Waals surface area (Å²) in [4.78, 5) is 32.0. The number of nitrogens with zero attached hydrogens (tertiary/aromatic N) is 5. The predicted molar refractivity (Wildman–Crippen MR) is 92.7 cm³/mol. The van der Waals surface area contributed by atoms with Gasteiger partial charge in [0.25, 0.3) is 5.56 Å². The molecule has 3 rings (SSSR count). The maximum atomic E-state index is 12.6. The van der Waals surface area contributed by atoms with Gasteiger partial charge in [-0.1, -0.05) is 12.1 Å². The molecule has 0 unspecified atom stereocenters. The predicted octanol–water partition coefficient (Wildman–Crippen LogP) is 1.41. The van der Waals surface area contributed by atoms with E-state index >= 15 is 0 Å². The molecule has 0 saturated heterocycles. The van der Waals surface area contributed by atoms with E-state index in [2.05, 4.69) is 16.7 Å². The Balaban J connectivity index is 1.83. The van der Waals surface area contributed by atoms with Crippen LogP contribution in [0.1, 0.15) is 4.88 Å². The summed E-state index contributed by atoms with van der Waals surface area (Å²) in [5.74, 6) is -0.157. The summed E-state index contributed by atoms with van der Waals surface area (Å²) >= 11 is 1.59. The van der Waals surface area contributed by atoms with Crippen molar-refractivity contribution >= 4 is 28.3 Å². The van der Waals surface area contributed by atoms with Gasteiger partial charge < -0.3 is 4.90 Å². The van der Waals surface area contributed by atoms with Crippen molar-refractivity contribution in [3.8, 4) is 0 Å². The Morgan fingerprint density at radius 2 is 2.33 bits per heavy atom. The third-order valence-electron chi connectivity index (χ3n) is 3.65. The molecule has 3 aromatic rings. The van der Waals surface area contributed by atoms with E-state index < -0.39 is 0 Å². The van der Waals surface area contributed by atoms with Gasteiger partial charge >= 0.3 is 0 Å². The van der Waals surface area contributed by atoms with Crippen LogP contribution in [-0.4, -0.2) is 36.7 Å². The van der Waals surface area contributed by atoms with Gasteiger partial charge in [0.1, 0.15) is 18.3 Å². The van der Waals surface area contributed by atoms with E-state index in [1.54, 1.807) is 29.4 Å². The van der Waals surface area contributed by atoms with Gasteiger partial charge in [0.15, 0.2) is 5.65 Å². The summed E-state index contributed by atoms with van der Waals surface area (Å²) in [6.07, 6.45) is 4.54. The van der Waals surface area contributed by atoms with Crippen molar-refractivity contribution in [2.24, 2.45) is 7.05 Å². The Bertz CT molecular complexity index is 926. The van der Waals surface area contributed by atoms with Crippen molar-refractivity contribution in [2.75, 3.05) is 6.54 Å². The molecule has 0 N–H and O–H groups in total. The smallest absolute Gasteiger partial charge is 0.264 e. The van der Waals surface area contributed by atoms with Crippen molar-refractivity contribution in [3.05, 3.63) is 57.9 Å². The minimum Gasteiger partial charge on any atom is -0.332 e. The number of thiophene rings is 1. The molecule has 0 saturated carbocycles. The number of hydrogen-bond acceptors (Lipinski definition) is 5. The van der Waals surface area contributed by atoms with Crippen LogP contribution < -0.4 is 5.56 Å². The van der Waals surface area contributed by atoms with Crippen LogP contribution in [0.25, 0.3) is 11.0 Å². The molecule has 3 aromatic heterocycles. The van der Waals surface area contributed by atoms with Crippen molar-refractivity contribution in [2.45, 2.75) is 13.1 Å². The average Bonchev–Trinajstić information content (AvgIpc) is 3.20. The lowest BCUT2D eigenvalue weighted by Gasteiger charge is -2.20. The SMILES string of the molecule is C=CCN(Cc1cccs1)C(=O)Cn1cnc2c(cnn2C)c1=O. The number of carbonyl (C=O) groups excluding carboxylic acids is 1. The normalized spacial score (nSPS) is 10.9. The second-order valence-corrected chi connectivity index (χ2v) is 6.36. The fraction of sp³-hybridized carbons (Fsp3) is 0.250. The van der Waals surface area contributed by atoms with Gasteiger partial charge in [0, 0.05) is 18.5 Å². The first-order valence-electron chi connectivity index (χ1n) is 7.38. The highest BCUT2D eigenvalue weighted by Crippen LogP contribution is 2.12. The number of rotatable bonds is 6. The lowest BCUT2D eigenvalue weighted by atomic mass is 10.3. The van der Waals surface area contributed by atoms with Crippen LogP contribution in [0.4, 0.5) is 0 Å². The number of amides is 1. The van der Waals surface area contributed by atoms with E-state index in [0.717, 1.165) is 4.88 Å². The molecule has 124 valence electrons. The summed E-state index contributed by atoms with van der Waals surface area (Å²) in [6.45, 7) is 4.56. The monoisotopic (exact) mass is 343 g/mol. The first-order valence-corrected chi connectivity index (χ1v) is 8.26. The molecule has 7 nitrogen and oxygen atoms in total. The van der Waals surface area contributed by atoms with Gasteiger partial charge in [0.2, 0.25) is 5.91 Å². The maximum Gasteiger partial charge on any atom is 0.264 e. The fourth-order valence-electron chi connectivity index (χ4n) is 2.43. The van der Waals surface area contributed by atoms with Crippen LogP contribution in [0.2, 0.25) is 0 Å². The molecule has 3 heterocycles. The van der Waals surface area contributed by atoms with Crippen molar-refractivity contribution in [3.63, 3.8) is 0 Å². The summed E-state index contributed by atoms with van der Waals surface area (Å²) < 4.78 is 2.85. The third kappa shape index (κ3) is 3.13. The molecule has 0 aliphatic rings. The quantitative estimate of drug-likeness (QED) is 0.634. The van der Waals surface area contributed by atoms with Gasteiger partial charge in [-0.25, -0.2) is 4.98 Å². The Labute approximate surface area is 142 Å². The van der Waals surface area contributed by atoms with Gasteiger partial charge in [-0.3, -0.25) is 18.8 Å². The highest BCUT2D eigenvalue weighted by atomic mass is 32.1. The molecular weight excluding hydrogens is 326 g/mol. The lowest BCUT2D eigenvalue weighted by Crippen LogP contribution is -2.36. The van der Waals surface area contributed by atoms with Gasteiger partial charge in [0.05, 0.1) is 12.7 Å². The third-order valence-corrected chi connectivity index (χ3v) is 4.51. The molecule has 0 atom stereocenters. The Kier molecular flexibility index (Phi) is 4.57. The van der Waals surface area contributed by atoms with E-state index in [0.29, 0.717) is 24.1 Å². The molecule has 0 spiro atoms. The zero-order chi connectivity index (χ0) is 17.1. The first kappa shape index (κ1) is 16.1. The minimum atomic E-state index is -0.267. The van der Waals surface area contributed by atoms with E-state index in [1.165, 1.54) is 21.8 Å². The van der Waals surface area contributed by atoms with Crippen LogP contribution in [0.5, 0.6) is 0 Å². The van der Waals surface area contributed by atoms with Crippen LogP contribution in [-0.2, 0) is 24.9 Å². The second-order valence-electron chi connectivity index (χ2n) is 5.33. The summed E-state index contributed by atoms with van der Waals surface area (Å²) in [5, 5.41) is 6.40. The second kappa shape index (κ2) is 6.79. The molecule has 1 amide bonds. The van der Waals surface area contributed by atoms with E-state index in [1.807, 2.05) is 17.5 Å². The van der Waals surface area contributed by atoms with E-state index in [4.69, 9.17) is 0 Å². The number of fused-ring (bicyclic) bond motifs is 1. The highest BCUT2D eigenvalue weighted by molar-refractivity contribution is 7.09. The Hall–Kier alpha value is -2.74. The van der Waals surface area contributed by atoms with Crippen LogP contribution >= 0.6 is 11.3 Å². The number of aromatic nitrogens is 4. The number of carbonyl (C=O) groups is 1. The zero-order valence-electron chi connectivity index (χ0n) is 13.3. The Morgan fingerprint density at radius 3 is 3.04 bits per heavy atom. The largest absolute Gasteiger partial charge is 0.332 e. The summed E-state index contributed by atoms with van der Waals surface area (Å²) in [5.41, 5.74) is 0.237.